The maximum atomic E-state index is 11.9. The van der Waals surface area contributed by atoms with Gasteiger partial charge in [-0.25, -0.2) is 14.8 Å². The van der Waals surface area contributed by atoms with Crippen LogP contribution in [0.1, 0.15) is 11.7 Å². The SMILES string of the molecule is Cc1nc2ccccc2n1CCOC(=O)C=Cc1nc2ccccc2o1. The van der Waals surface area contributed by atoms with Crippen molar-refractivity contribution in [2.24, 2.45) is 0 Å². The summed E-state index contributed by atoms with van der Waals surface area (Å²) < 4.78 is 12.8. The molecule has 2 heterocycles. The molecule has 0 saturated heterocycles. The Bertz CT molecular complexity index is 1070. The minimum absolute atomic E-state index is 0.262. The van der Waals surface area contributed by atoms with E-state index < -0.39 is 5.97 Å². The van der Waals surface area contributed by atoms with E-state index in [1.165, 1.54) is 12.2 Å². The lowest BCUT2D eigenvalue weighted by Crippen LogP contribution is -2.10. The number of aryl methyl sites for hydroxylation is 1. The predicted molar refractivity (Wildman–Crippen MR) is 98.5 cm³/mol. The second-order valence-corrected chi connectivity index (χ2v) is 5.82. The standard InChI is InChI=1S/C20H17N3O3/c1-14-21-15-6-2-4-8-17(15)23(14)12-13-25-20(24)11-10-19-22-16-7-3-5-9-18(16)26-19/h2-11H,12-13H2,1H3. The summed E-state index contributed by atoms with van der Waals surface area (Å²) in [5.74, 6) is 0.832. The van der Waals surface area contributed by atoms with Crippen molar-refractivity contribution < 1.29 is 13.9 Å². The number of aromatic nitrogens is 3. The van der Waals surface area contributed by atoms with E-state index in [0.29, 0.717) is 18.0 Å². The smallest absolute Gasteiger partial charge is 0.331 e. The summed E-state index contributed by atoms with van der Waals surface area (Å²) in [5.41, 5.74) is 3.40. The first kappa shape index (κ1) is 16.1. The van der Waals surface area contributed by atoms with Gasteiger partial charge in [0.15, 0.2) is 5.58 Å². The van der Waals surface area contributed by atoms with E-state index in [2.05, 4.69) is 9.97 Å². The minimum atomic E-state index is -0.436. The van der Waals surface area contributed by atoms with Crippen molar-refractivity contribution in [3.05, 3.63) is 66.3 Å². The number of imidazole rings is 1. The van der Waals surface area contributed by atoms with Crippen LogP contribution in [0.2, 0.25) is 0 Å². The molecule has 0 N–H and O–H groups in total. The molecule has 4 rings (SSSR count). The molecular weight excluding hydrogens is 330 g/mol. The number of ether oxygens (including phenoxy) is 1. The number of benzene rings is 2. The average Bonchev–Trinajstić information content (AvgIpc) is 3.20. The number of para-hydroxylation sites is 4. The number of hydrogen-bond acceptors (Lipinski definition) is 5. The summed E-state index contributed by atoms with van der Waals surface area (Å²) in [6.45, 7) is 2.75. The van der Waals surface area contributed by atoms with Crippen molar-refractivity contribution in [2.45, 2.75) is 13.5 Å². The summed E-state index contributed by atoms with van der Waals surface area (Å²) in [6, 6.07) is 15.3. The molecule has 0 aliphatic rings. The fourth-order valence-corrected chi connectivity index (χ4v) is 2.86. The van der Waals surface area contributed by atoms with E-state index in [1.807, 2.05) is 60.0 Å². The maximum Gasteiger partial charge on any atom is 0.331 e. The maximum absolute atomic E-state index is 11.9. The molecular formula is C20H17N3O3. The van der Waals surface area contributed by atoms with Crippen molar-refractivity contribution in [2.75, 3.05) is 6.61 Å². The molecule has 0 fully saturated rings. The molecule has 0 aliphatic carbocycles. The fraction of sp³-hybridized carbons (Fsp3) is 0.150. The average molecular weight is 347 g/mol. The van der Waals surface area contributed by atoms with Gasteiger partial charge in [-0.1, -0.05) is 24.3 Å². The lowest BCUT2D eigenvalue weighted by Gasteiger charge is -2.06. The topological polar surface area (TPSA) is 70.2 Å². The molecule has 0 aliphatic heterocycles. The molecule has 2 aromatic carbocycles. The Labute approximate surface area is 149 Å². The van der Waals surface area contributed by atoms with Gasteiger partial charge in [-0.3, -0.25) is 0 Å². The fourth-order valence-electron chi connectivity index (χ4n) is 2.86. The molecule has 26 heavy (non-hydrogen) atoms. The molecule has 0 unspecified atom stereocenters. The molecule has 2 aromatic heterocycles. The number of fused-ring (bicyclic) bond motifs is 2. The molecule has 0 spiro atoms. The van der Waals surface area contributed by atoms with E-state index in [0.717, 1.165) is 22.4 Å². The van der Waals surface area contributed by atoms with E-state index in [-0.39, 0.29) is 6.61 Å². The van der Waals surface area contributed by atoms with Gasteiger partial charge in [-0.15, -0.1) is 0 Å². The summed E-state index contributed by atoms with van der Waals surface area (Å²) in [7, 11) is 0. The van der Waals surface area contributed by atoms with Crippen molar-refractivity contribution >= 4 is 34.2 Å². The monoisotopic (exact) mass is 347 g/mol. The molecule has 6 heteroatoms. The molecule has 0 amide bonds. The Kier molecular flexibility index (Phi) is 4.23. The highest BCUT2D eigenvalue weighted by Gasteiger charge is 2.07. The first-order valence-corrected chi connectivity index (χ1v) is 8.33. The van der Waals surface area contributed by atoms with Gasteiger partial charge in [-0.2, -0.15) is 0 Å². The van der Waals surface area contributed by atoms with Crippen molar-refractivity contribution in [3.63, 3.8) is 0 Å². The van der Waals surface area contributed by atoms with Crippen LogP contribution in [0, 0.1) is 6.92 Å². The number of carbonyl (C=O) groups is 1. The Morgan fingerprint density at radius 3 is 2.73 bits per heavy atom. The first-order chi connectivity index (χ1) is 12.7. The van der Waals surface area contributed by atoms with Gasteiger partial charge in [-0.05, 0) is 31.2 Å². The molecule has 130 valence electrons. The Morgan fingerprint density at radius 1 is 1.12 bits per heavy atom. The lowest BCUT2D eigenvalue weighted by molar-refractivity contribution is -0.137. The predicted octanol–water partition coefficient (Wildman–Crippen LogP) is 3.74. The van der Waals surface area contributed by atoms with Gasteiger partial charge in [0.25, 0.3) is 0 Å². The van der Waals surface area contributed by atoms with Gasteiger partial charge < -0.3 is 13.7 Å². The zero-order chi connectivity index (χ0) is 17.9. The molecule has 0 saturated carbocycles. The second kappa shape index (κ2) is 6.84. The third-order valence-corrected chi connectivity index (χ3v) is 4.08. The van der Waals surface area contributed by atoms with Gasteiger partial charge in [0.2, 0.25) is 5.89 Å². The highest BCUT2D eigenvalue weighted by Crippen LogP contribution is 2.16. The van der Waals surface area contributed by atoms with E-state index in [4.69, 9.17) is 9.15 Å². The summed E-state index contributed by atoms with van der Waals surface area (Å²) >= 11 is 0. The normalized spacial score (nSPS) is 11.6. The molecule has 0 radical (unpaired) electrons. The molecule has 4 aromatic rings. The molecule has 6 nitrogen and oxygen atoms in total. The molecule has 0 bridgehead atoms. The van der Waals surface area contributed by atoms with Crippen molar-refractivity contribution in [3.8, 4) is 0 Å². The van der Waals surface area contributed by atoms with Gasteiger partial charge in [0.05, 0.1) is 17.6 Å². The third-order valence-electron chi connectivity index (χ3n) is 4.08. The summed E-state index contributed by atoms with van der Waals surface area (Å²) in [4.78, 5) is 20.7. The number of rotatable bonds is 5. The highest BCUT2D eigenvalue weighted by atomic mass is 16.5. The minimum Gasteiger partial charge on any atom is -0.461 e. The number of carbonyl (C=O) groups excluding carboxylic acids is 1. The Balaban J connectivity index is 1.37. The van der Waals surface area contributed by atoms with Crippen molar-refractivity contribution in [1.82, 2.24) is 14.5 Å². The van der Waals surface area contributed by atoms with Gasteiger partial charge >= 0.3 is 5.97 Å². The summed E-state index contributed by atoms with van der Waals surface area (Å²) in [5, 5.41) is 0. The number of esters is 1. The largest absolute Gasteiger partial charge is 0.461 e. The Hall–Kier alpha value is -3.41. The van der Waals surface area contributed by atoms with E-state index >= 15 is 0 Å². The first-order valence-electron chi connectivity index (χ1n) is 8.33. The van der Waals surface area contributed by atoms with Crippen LogP contribution >= 0.6 is 0 Å². The van der Waals surface area contributed by atoms with E-state index in [1.54, 1.807) is 0 Å². The van der Waals surface area contributed by atoms with Crippen LogP contribution in [0.3, 0.4) is 0 Å². The van der Waals surface area contributed by atoms with Crippen LogP contribution < -0.4 is 0 Å². The quantitative estimate of drug-likeness (QED) is 0.406. The molecule has 0 atom stereocenters. The number of nitrogens with zero attached hydrogens (tertiary/aromatic N) is 3. The zero-order valence-electron chi connectivity index (χ0n) is 14.3. The van der Waals surface area contributed by atoms with Gasteiger partial charge in [0, 0.05) is 12.2 Å². The van der Waals surface area contributed by atoms with Crippen LogP contribution in [-0.2, 0) is 16.1 Å². The number of hydrogen-bond donors (Lipinski definition) is 0. The summed E-state index contributed by atoms with van der Waals surface area (Å²) in [6.07, 6.45) is 2.84. The van der Waals surface area contributed by atoms with Gasteiger partial charge in [0.1, 0.15) is 17.9 Å². The third kappa shape index (κ3) is 3.21. The second-order valence-electron chi connectivity index (χ2n) is 5.82. The Morgan fingerprint density at radius 2 is 1.88 bits per heavy atom. The zero-order valence-corrected chi connectivity index (χ0v) is 14.3. The van der Waals surface area contributed by atoms with Crippen LogP contribution in [0.25, 0.3) is 28.2 Å². The highest BCUT2D eigenvalue weighted by molar-refractivity contribution is 5.87. The van der Waals surface area contributed by atoms with Crippen LogP contribution in [0.15, 0.2) is 59.0 Å². The van der Waals surface area contributed by atoms with Crippen LogP contribution in [-0.4, -0.2) is 27.1 Å². The number of oxazole rings is 1. The van der Waals surface area contributed by atoms with Crippen LogP contribution in [0.5, 0.6) is 0 Å². The van der Waals surface area contributed by atoms with E-state index in [9.17, 15) is 4.79 Å². The van der Waals surface area contributed by atoms with Crippen molar-refractivity contribution in [1.29, 1.82) is 0 Å². The lowest BCUT2D eigenvalue weighted by atomic mass is 10.3. The van der Waals surface area contributed by atoms with Crippen LogP contribution in [0.4, 0.5) is 0 Å².